The van der Waals surface area contributed by atoms with Gasteiger partial charge in [-0.3, -0.25) is 4.99 Å². The molecule has 138 valence electrons. The lowest BCUT2D eigenvalue weighted by atomic mass is 9.72. The van der Waals surface area contributed by atoms with Crippen molar-refractivity contribution < 1.29 is 22.6 Å². The number of alkyl halides is 3. The topological polar surface area (TPSA) is 68.9 Å². The van der Waals surface area contributed by atoms with E-state index < -0.39 is 6.36 Å². The normalized spacial score (nSPS) is 23.2. The number of nitrogens with zero attached hydrogens (tertiary/aromatic N) is 1. The van der Waals surface area contributed by atoms with Gasteiger partial charge in [0.2, 0.25) is 0 Å². The lowest BCUT2D eigenvalue weighted by molar-refractivity contribution is -0.274. The number of benzene rings is 1. The van der Waals surface area contributed by atoms with Crippen LogP contribution in [-0.2, 0) is 4.74 Å². The zero-order chi connectivity index (χ0) is 17.9. The van der Waals surface area contributed by atoms with Crippen LogP contribution in [0.3, 0.4) is 0 Å². The van der Waals surface area contributed by atoms with Gasteiger partial charge in [-0.1, -0.05) is 6.07 Å². The number of halogens is 3. The molecule has 1 aromatic rings. The van der Waals surface area contributed by atoms with Crippen LogP contribution in [0.5, 0.6) is 5.75 Å². The zero-order valence-electron chi connectivity index (χ0n) is 13.8. The molecule has 1 aliphatic carbocycles. The van der Waals surface area contributed by atoms with Gasteiger partial charge in [0.15, 0.2) is 5.96 Å². The number of ether oxygens (including phenoxy) is 2. The summed E-state index contributed by atoms with van der Waals surface area (Å²) in [5.74, 6) is 0.300. The molecule has 3 N–H and O–H groups in total. The molecule has 1 heterocycles. The minimum Gasteiger partial charge on any atom is -0.406 e. The summed E-state index contributed by atoms with van der Waals surface area (Å²) in [4.78, 5) is 4.34. The van der Waals surface area contributed by atoms with Gasteiger partial charge in [0.1, 0.15) is 5.75 Å². The Morgan fingerprint density at radius 2 is 2.20 bits per heavy atom. The van der Waals surface area contributed by atoms with Crippen LogP contribution < -0.4 is 15.8 Å². The highest BCUT2D eigenvalue weighted by Crippen LogP contribution is 2.44. The molecular formula is C17H22F3N3O2. The van der Waals surface area contributed by atoms with E-state index in [4.69, 9.17) is 10.5 Å². The minimum atomic E-state index is -4.72. The van der Waals surface area contributed by atoms with E-state index in [0.29, 0.717) is 18.2 Å². The molecular weight excluding hydrogens is 335 g/mol. The van der Waals surface area contributed by atoms with E-state index in [2.05, 4.69) is 15.0 Å². The van der Waals surface area contributed by atoms with E-state index >= 15 is 0 Å². The quantitative estimate of drug-likeness (QED) is 0.637. The van der Waals surface area contributed by atoms with Crippen molar-refractivity contribution >= 4 is 11.6 Å². The SMILES string of the molecule is NC(=NCC1CCOC2(CCC2)C1)Nc1cccc(OC(F)(F)F)c1. The summed E-state index contributed by atoms with van der Waals surface area (Å²) in [6.45, 7) is 1.34. The number of guanidine groups is 1. The summed E-state index contributed by atoms with van der Waals surface area (Å²) in [5, 5.41) is 2.81. The smallest absolute Gasteiger partial charge is 0.406 e. The van der Waals surface area contributed by atoms with Crippen LogP contribution in [0.2, 0.25) is 0 Å². The van der Waals surface area contributed by atoms with Crippen LogP contribution in [-0.4, -0.2) is 31.1 Å². The van der Waals surface area contributed by atoms with Crippen molar-refractivity contribution in [1.29, 1.82) is 0 Å². The third kappa shape index (κ3) is 5.01. The van der Waals surface area contributed by atoms with Crippen LogP contribution in [0.4, 0.5) is 18.9 Å². The van der Waals surface area contributed by atoms with E-state index in [-0.39, 0.29) is 17.3 Å². The molecule has 2 fully saturated rings. The Morgan fingerprint density at radius 3 is 2.88 bits per heavy atom. The van der Waals surface area contributed by atoms with Gasteiger partial charge in [-0.25, -0.2) is 0 Å². The Hall–Kier alpha value is -1.96. The van der Waals surface area contributed by atoms with Crippen LogP contribution in [0.25, 0.3) is 0 Å². The highest BCUT2D eigenvalue weighted by atomic mass is 19.4. The van der Waals surface area contributed by atoms with E-state index in [9.17, 15) is 13.2 Å². The number of hydrogen-bond acceptors (Lipinski definition) is 3. The van der Waals surface area contributed by atoms with Gasteiger partial charge in [-0.05, 0) is 50.2 Å². The maximum Gasteiger partial charge on any atom is 0.573 e. The Labute approximate surface area is 144 Å². The maximum atomic E-state index is 12.3. The summed E-state index contributed by atoms with van der Waals surface area (Å²) >= 11 is 0. The average Bonchev–Trinajstić information content (AvgIpc) is 2.50. The summed E-state index contributed by atoms with van der Waals surface area (Å²) in [5.41, 5.74) is 6.31. The molecule has 8 heteroatoms. The number of anilines is 1. The fraction of sp³-hybridized carbons (Fsp3) is 0.588. The Bertz CT molecular complexity index is 630. The summed E-state index contributed by atoms with van der Waals surface area (Å²) < 4.78 is 46.5. The first-order chi connectivity index (χ1) is 11.8. The van der Waals surface area contributed by atoms with Gasteiger partial charge in [0.05, 0.1) is 5.60 Å². The van der Waals surface area contributed by atoms with Crippen molar-refractivity contribution in [2.24, 2.45) is 16.6 Å². The molecule has 1 atom stereocenters. The second-order valence-electron chi connectivity index (χ2n) is 6.67. The zero-order valence-corrected chi connectivity index (χ0v) is 13.8. The molecule has 1 saturated heterocycles. The molecule has 2 aliphatic rings. The molecule has 0 bridgehead atoms. The van der Waals surface area contributed by atoms with Gasteiger partial charge in [0.25, 0.3) is 0 Å². The third-order valence-corrected chi connectivity index (χ3v) is 4.72. The number of rotatable bonds is 4. The first-order valence-electron chi connectivity index (χ1n) is 8.40. The Kier molecular flexibility index (Phi) is 5.08. The van der Waals surface area contributed by atoms with Crippen molar-refractivity contribution in [2.45, 2.75) is 44.1 Å². The standard InChI is InChI=1S/C17H22F3N3O2/c18-17(19,20)25-14-4-1-3-13(9-14)23-15(21)22-11-12-5-8-24-16(10-12)6-2-7-16/h1,3-4,9,12H,2,5-8,10-11H2,(H3,21,22,23). The Balaban J connectivity index is 1.53. The van der Waals surface area contributed by atoms with E-state index in [1.165, 1.54) is 24.6 Å². The molecule has 5 nitrogen and oxygen atoms in total. The number of hydrogen-bond donors (Lipinski definition) is 2. The predicted molar refractivity (Wildman–Crippen MR) is 88.5 cm³/mol. The molecule has 1 unspecified atom stereocenters. The van der Waals surface area contributed by atoms with Gasteiger partial charge in [-0.2, -0.15) is 0 Å². The van der Waals surface area contributed by atoms with E-state index in [0.717, 1.165) is 32.3 Å². The number of aliphatic imine (C=N–C) groups is 1. The second kappa shape index (κ2) is 7.11. The van der Waals surface area contributed by atoms with Crippen molar-refractivity contribution in [1.82, 2.24) is 0 Å². The van der Waals surface area contributed by atoms with Crippen molar-refractivity contribution in [2.75, 3.05) is 18.5 Å². The summed E-state index contributed by atoms with van der Waals surface area (Å²) in [7, 11) is 0. The number of nitrogens with two attached hydrogens (primary N) is 1. The predicted octanol–water partition coefficient (Wildman–Crippen LogP) is 3.66. The first-order valence-corrected chi connectivity index (χ1v) is 8.40. The van der Waals surface area contributed by atoms with Crippen LogP contribution >= 0.6 is 0 Å². The fourth-order valence-corrected chi connectivity index (χ4v) is 3.39. The van der Waals surface area contributed by atoms with Crippen LogP contribution in [0, 0.1) is 5.92 Å². The maximum absolute atomic E-state index is 12.3. The van der Waals surface area contributed by atoms with Gasteiger partial charge in [-0.15, -0.1) is 13.2 Å². The molecule has 3 rings (SSSR count). The lowest BCUT2D eigenvalue weighted by Crippen LogP contribution is -2.46. The molecule has 1 saturated carbocycles. The largest absolute Gasteiger partial charge is 0.573 e. The number of nitrogens with one attached hydrogen (secondary N) is 1. The Morgan fingerprint density at radius 1 is 1.40 bits per heavy atom. The second-order valence-corrected chi connectivity index (χ2v) is 6.67. The van der Waals surface area contributed by atoms with Crippen molar-refractivity contribution in [3.8, 4) is 5.75 Å². The average molecular weight is 357 g/mol. The van der Waals surface area contributed by atoms with Crippen molar-refractivity contribution in [3.05, 3.63) is 24.3 Å². The molecule has 1 aromatic carbocycles. The fourth-order valence-electron chi connectivity index (χ4n) is 3.39. The first kappa shape index (κ1) is 17.8. The third-order valence-electron chi connectivity index (χ3n) is 4.72. The van der Waals surface area contributed by atoms with Crippen LogP contribution in [0.1, 0.15) is 32.1 Å². The van der Waals surface area contributed by atoms with Gasteiger partial charge < -0.3 is 20.5 Å². The summed E-state index contributed by atoms with van der Waals surface area (Å²) in [6.07, 6.45) is 0.681. The monoisotopic (exact) mass is 357 g/mol. The molecule has 0 aromatic heterocycles. The van der Waals surface area contributed by atoms with Gasteiger partial charge in [0, 0.05) is 24.9 Å². The molecule has 1 aliphatic heterocycles. The molecule has 0 amide bonds. The lowest BCUT2D eigenvalue weighted by Gasteiger charge is -2.47. The van der Waals surface area contributed by atoms with Crippen molar-refractivity contribution in [3.63, 3.8) is 0 Å². The van der Waals surface area contributed by atoms with Gasteiger partial charge >= 0.3 is 6.36 Å². The molecule has 0 radical (unpaired) electrons. The van der Waals surface area contributed by atoms with E-state index in [1.54, 1.807) is 6.07 Å². The minimum absolute atomic E-state index is 0.0594. The summed E-state index contributed by atoms with van der Waals surface area (Å²) in [6, 6.07) is 5.51. The molecule has 1 spiro atoms. The van der Waals surface area contributed by atoms with E-state index in [1.807, 2.05) is 0 Å². The molecule has 25 heavy (non-hydrogen) atoms. The highest BCUT2D eigenvalue weighted by Gasteiger charge is 2.42. The van der Waals surface area contributed by atoms with Crippen LogP contribution in [0.15, 0.2) is 29.3 Å². The highest BCUT2D eigenvalue weighted by molar-refractivity contribution is 5.92.